The number of imide groups is 1. The fourth-order valence-corrected chi connectivity index (χ4v) is 3.57. The highest BCUT2D eigenvalue weighted by molar-refractivity contribution is 7.86. The molecule has 0 fully saturated rings. The van der Waals surface area contributed by atoms with E-state index < -0.39 is 45.0 Å². The summed E-state index contributed by atoms with van der Waals surface area (Å²) in [5.41, 5.74) is -0.979. The molecule has 2 amide bonds. The van der Waals surface area contributed by atoms with Gasteiger partial charge in [-0.1, -0.05) is 30.3 Å². The third-order valence-corrected chi connectivity index (χ3v) is 4.89. The highest BCUT2D eigenvalue weighted by Gasteiger charge is 2.41. The zero-order chi connectivity index (χ0) is 19.1. The van der Waals surface area contributed by atoms with Gasteiger partial charge in [0.2, 0.25) is 0 Å². The molecule has 0 aromatic heterocycles. The molecule has 0 aliphatic carbocycles. The van der Waals surface area contributed by atoms with E-state index in [4.69, 9.17) is 0 Å². The summed E-state index contributed by atoms with van der Waals surface area (Å²) in [6.45, 7) is 0. The Labute approximate surface area is 145 Å². The van der Waals surface area contributed by atoms with E-state index >= 15 is 0 Å². The molecule has 6 nitrogen and oxygen atoms in total. The number of carbonyl (C=O) groups is 2. The van der Waals surface area contributed by atoms with Crippen molar-refractivity contribution in [3.8, 4) is 0 Å². The largest absolute Gasteiger partial charge is 0.318 e. The Morgan fingerprint density at radius 1 is 0.846 bits per heavy atom. The van der Waals surface area contributed by atoms with Gasteiger partial charge in [0.15, 0.2) is 6.17 Å². The number of benzene rings is 2. The van der Waals surface area contributed by atoms with Gasteiger partial charge in [-0.3, -0.25) is 9.59 Å². The number of amides is 2. The van der Waals surface area contributed by atoms with E-state index in [0.29, 0.717) is 0 Å². The van der Waals surface area contributed by atoms with Crippen LogP contribution in [0, 0.1) is 0 Å². The van der Waals surface area contributed by atoms with Gasteiger partial charge in [-0.05, 0) is 18.2 Å². The van der Waals surface area contributed by atoms with Crippen molar-refractivity contribution >= 4 is 21.9 Å². The third-order valence-electron chi connectivity index (χ3n) is 3.64. The van der Waals surface area contributed by atoms with Crippen LogP contribution in [0.2, 0.25) is 0 Å². The van der Waals surface area contributed by atoms with Crippen molar-refractivity contribution in [1.29, 1.82) is 0 Å². The predicted octanol–water partition coefficient (Wildman–Crippen LogP) is 2.88. The summed E-state index contributed by atoms with van der Waals surface area (Å²) in [4.78, 5) is 23.4. The lowest BCUT2D eigenvalue weighted by Crippen LogP contribution is -2.33. The molecule has 0 N–H and O–H groups in total. The molecule has 1 aliphatic rings. The maximum Gasteiger partial charge on any atom is 0.318 e. The number of halogens is 3. The number of carbonyl (C=O) groups excluding carboxylic acids is 2. The van der Waals surface area contributed by atoms with Gasteiger partial charge in [0.25, 0.3) is 18.2 Å². The number of fused-ring (bicyclic) bond motifs is 1. The minimum atomic E-state index is -4.93. The molecule has 26 heavy (non-hydrogen) atoms. The molecule has 0 radical (unpaired) electrons. The molecule has 136 valence electrons. The van der Waals surface area contributed by atoms with Gasteiger partial charge < -0.3 is 0 Å². The highest BCUT2D eigenvalue weighted by Crippen LogP contribution is 2.32. The lowest BCUT2D eigenvalue weighted by Gasteiger charge is -2.16. The summed E-state index contributed by atoms with van der Waals surface area (Å²) < 4.78 is 68.4. The minimum absolute atomic E-state index is 0.00634. The minimum Gasteiger partial charge on any atom is -0.266 e. The summed E-state index contributed by atoms with van der Waals surface area (Å²) in [5, 5.41) is 0.00634. The number of alkyl halides is 3. The van der Waals surface area contributed by atoms with Crippen molar-refractivity contribution in [2.75, 3.05) is 0 Å². The summed E-state index contributed by atoms with van der Waals surface area (Å²) in [7, 11) is -4.93. The molecule has 2 aromatic carbocycles. The fourth-order valence-electron chi connectivity index (χ4n) is 2.44. The first kappa shape index (κ1) is 18.1. The SMILES string of the molecule is O=C1c2ccccc2C(=O)N1OS(=O)(=O)c1ccccc1C(F)C(F)F. The van der Waals surface area contributed by atoms with Gasteiger partial charge in [-0.2, -0.15) is 8.42 Å². The van der Waals surface area contributed by atoms with Crippen LogP contribution < -0.4 is 0 Å². The van der Waals surface area contributed by atoms with Gasteiger partial charge in [-0.15, -0.1) is 9.35 Å². The second-order valence-electron chi connectivity index (χ2n) is 5.25. The molecular weight excluding hydrogens is 375 g/mol. The van der Waals surface area contributed by atoms with E-state index in [1.165, 1.54) is 36.4 Å². The first-order valence-electron chi connectivity index (χ1n) is 7.17. The van der Waals surface area contributed by atoms with Gasteiger partial charge in [0.05, 0.1) is 11.1 Å². The average Bonchev–Trinajstić information content (AvgIpc) is 2.86. The van der Waals surface area contributed by atoms with Crippen LogP contribution in [0.5, 0.6) is 0 Å². The van der Waals surface area contributed by atoms with Crippen molar-refractivity contribution in [3.05, 3.63) is 65.2 Å². The van der Waals surface area contributed by atoms with Crippen molar-refractivity contribution in [2.45, 2.75) is 17.5 Å². The zero-order valence-corrected chi connectivity index (χ0v) is 13.6. The predicted molar refractivity (Wildman–Crippen MR) is 81.5 cm³/mol. The van der Waals surface area contributed by atoms with Crippen molar-refractivity contribution < 1.29 is 35.5 Å². The molecule has 1 atom stereocenters. The molecule has 1 aliphatic heterocycles. The first-order chi connectivity index (χ1) is 12.2. The Bertz CT molecular complexity index is 958. The zero-order valence-electron chi connectivity index (χ0n) is 12.8. The second-order valence-corrected chi connectivity index (χ2v) is 6.75. The Hall–Kier alpha value is -2.72. The summed E-state index contributed by atoms with van der Waals surface area (Å²) in [5.74, 6) is -2.06. The molecule has 3 rings (SSSR count). The van der Waals surface area contributed by atoms with E-state index in [1.54, 1.807) is 0 Å². The van der Waals surface area contributed by atoms with Crippen molar-refractivity contribution in [2.24, 2.45) is 0 Å². The summed E-state index contributed by atoms with van der Waals surface area (Å²) in [6.07, 6.45) is -6.35. The highest BCUT2D eigenvalue weighted by atomic mass is 32.2. The van der Waals surface area contributed by atoms with E-state index in [0.717, 1.165) is 12.1 Å². The van der Waals surface area contributed by atoms with Gasteiger partial charge in [-0.25, -0.2) is 13.2 Å². The van der Waals surface area contributed by atoms with Gasteiger partial charge >= 0.3 is 10.1 Å². The van der Waals surface area contributed by atoms with E-state index in [-0.39, 0.29) is 16.2 Å². The average molecular weight is 385 g/mol. The van der Waals surface area contributed by atoms with E-state index in [9.17, 15) is 31.2 Å². The van der Waals surface area contributed by atoms with Crippen molar-refractivity contribution in [1.82, 2.24) is 5.06 Å². The number of rotatable bonds is 5. The molecular formula is C16H10F3NO5S. The van der Waals surface area contributed by atoms with E-state index in [1.807, 2.05) is 0 Å². The van der Waals surface area contributed by atoms with Crippen LogP contribution >= 0.6 is 0 Å². The lowest BCUT2D eigenvalue weighted by atomic mass is 10.1. The van der Waals surface area contributed by atoms with Crippen LogP contribution in [0.4, 0.5) is 13.2 Å². The Morgan fingerprint density at radius 3 is 1.88 bits per heavy atom. The molecule has 10 heteroatoms. The fraction of sp³-hybridized carbons (Fsp3) is 0.125. The number of hydroxylamine groups is 2. The normalized spacial score (nSPS) is 15.5. The number of hydrogen-bond acceptors (Lipinski definition) is 5. The third kappa shape index (κ3) is 2.97. The van der Waals surface area contributed by atoms with Crippen LogP contribution in [0.25, 0.3) is 0 Å². The quantitative estimate of drug-likeness (QED) is 0.740. The van der Waals surface area contributed by atoms with E-state index in [2.05, 4.69) is 4.28 Å². The first-order valence-corrected chi connectivity index (χ1v) is 8.58. The number of nitrogens with zero attached hydrogens (tertiary/aromatic N) is 1. The van der Waals surface area contributed by atoms with Gasteiger partial charge in [0.1, 0.15) is 4.90 Å². The maximum atomic E-state index is 13.7. The van der Waals surface area contributed by atoms with Crippen LogP contribution in [0.15, 0.2) is 53.4 Å². The van der Waals surface area contributed by atoms with Crippen LogP contribution in [0.1, 0.15) is 32.5 Å². The smallest absolute Gasteiger partial charge is 0.266 e. The topological polar surface area (TPSA) is 80.8 Å². The number of hydrogen-bond donors (Lipinski definition) is 0. The van der Waals surface area contributed by atoms with Crippen molar-refractivity contribution in [3.63, 3.8) is 0 Å². The Balaban J connectivity index is 1.97. The maximum absolute atomic E-state index is 13.7. The summed E-state index contributed by atoms with van der Waals surface area (Å²) in [6, 6.07) is 9.57. The Morgan fingerprint density at radius 2 is 1.35 bits per heavy atom. The van der Waals surface area contributed by atoms with Crippen LogP contribution in [-0.2, 0) is 14.4 Å². The van der Waals surface area contributed by atoms with Crippen LogP contribution in [-0.4, -0.2) is 31.7 Å². The molecule has 1 unspecified atom stereocenters. The van der Waals surface area contributed by atoms with Gasteiger partial charge in [0, 0.05) is 5.56 Å². The van der Waals surface area contributed by atoms with Crippen LogP contribution in [0.3, 0.4) is 0 Å². The standard InChI is InChI=1S/C16H10F3NO5S/c17-13(14(18)19)11-7-3-4-8-12(11)26(23,24)25-20-15(21)9-5-1-2-6-10(9)16(20)22/h1-8,13-14H. The molecule has 0 saturated heterocycles. The molecule has 0 saturated carbocycles. The monoisotopic (exact) mass is 385 g/mol. The molecule has 2 aromatic rings. The second kappa shape index (κ2) is 6.54. The Kier molecular flexibility index (Phi) is 4.55. The molecule has 0 bridgehead atoms. The summed E-state index contributed by atoms with van der Waals surface area (Å²) >= 11 is 0. The lowest BCUT2D eigenvalue weighted by molar-refractivity contribution is -0.0106. The molecule has 1 heterocycles. The molecule has 0 spiro atoms.